The van der Waals surface area contributed by atoms with Crippen LogP contribution in [0.5, 0.6) is 0 Å². The van der Waals surface area contributed by atoms with Crippen LogP contribution in [0, 0.1) is 17.6 Å². The molecule has 0 bridgehead atoms. The van der Waals surface area contributed by atoms with Crippen LogP contribution in [0.15, 0.2) is 109 Å². The summed E-state index contributed by atoms with van der Waals surface area (Å²) in [6.07, 6.45) is 1.12. The fourth-order valence-electron chi connectivity index (χ4n) is 7.80. The van der Waals surface area contributed by atoms with E-state index in [2.05, 4.69) is 20.6 Å². The minimum atomic E-state index is -0.697. The molecular weight excluding hydrogens is 835 g/mol. The number of hydrogen-bond acceptors (Lipinski definition) is 4. The lowest BCUT2D eigenvalue weighted by Gasteiger charge is -2.22. The predicted octanol–water partition coefficient (Wildman–Crippen LogP) is 2.72. The summed E-state index contributed by atoms with van der Waals surface area (Å²) < 4.78 is 27.3. The Balaban J connectivity index is 0.000000211. The van der Waals surface area contributed by atoms with Crippen LogP contribution in [-0.2, 0) is 51.4 Å². The highest BCUT2D eigenvalue weighted by molar-refractivity contribution is 6.37. The van der Waals surface area contributed by atoms with E-state index in [1.807, 2.05) is 72.8 Å². The lowest BCUT2D eigenvalue weighted by Crippen LogP contribution is -2.76. The maximum absolute atomic E-state index is 13.7. The Hall–Kier alpha value is -6.44. The fraction of sp³-hybridized carbons (Fsp3) is 0.234. The second-order valence-electron chi connectivity index (χ2n) is 15.4. The van der Waals surface area contributed by atoms with Crippen molar-refractivity contribution in [1.29, 1.82) is 0 Å². The molecule has 5 aromatic carbocycles. The Morgan fingerprint density at radius 1 is 0.645 bits per heavy atom. The Morgan fingerprint density at radius 3 is 1.65 bits per heavy atom. The molecule has 2 aliphatic carbocycles. The number of hydrogen-bond donors (Lipinski definition) is 7. The number of carbonyl (C=O) groups excluding carboxylic acids is 4. The fourth-order valence-corrected chi connectivity index (χ4v) is 8.04. The molecule has 0 saturated heterocycles. The van der Waals surface area contributed by atoms with Gasteiger partial charge in [-0.25, -0.2) is 8.78 Å². The normalized spacial score (nSPS) is 17.5. The van der Waals surface area contributed by atoms with Crippen molar-refractivity contribution >= 4 is 58.4 Å². The van der Waals surface area contributed by atoms with Gasteiger partial charge in [0.15, 0.2) is 0 Å². The molecule has 4 atom stereocenters. The van der Waals surface area contributed by atoms with Crippen molar-refractivity contribution in [3.05, 3.63) is 175 Å². The number of nitrogens with two attached hydrogens (primary N) is 3. The van der Waals surface area contributed by atoms with E-state index in [0.29, 0.717) is 30.1 Å². The predicted molar refractivity (Wildman–Crippen MR) is 234 cm³/mol. The highest BCUT2D eigenvalue weighted by Crippen LogP contribution is 2.42. The van der Waals surface area contributed by atoms with Crippen LogP contribution in [0.1, 0.15) is 69.4 Å². The van der Waals surface area contributed by atoms with Gasteiger partial charge in [0.05, 0.1) is 35.2 Å². The van der Waals surface area contributed by atoms with Crippen molar-refractivity contribution in [2.45, 2.75) is 57.2 Å². The second-order valence-corrected chi connectivity index (χ2v) is 16.2. The summed E-state index contributed by atoms with van der Waals surface area (Å²) in [7, 11) is 0. The number of ketones is 2. The summed E-state index contributed by atoms with van der Waals surface area (Å²) in [5.41, 5.74) is 23.7. The van der Waals surface area contributed by atoms with Gasteiger partial charge in [0.1, 0.15) is 11.6 Å². The van der Waals surface area contributed by atoms with E-state index >= 15 is 0 Å². The Bertz CT molecular complexity index is 2540. The van der Waals surface area contributed by atoms with Crippen LogP contribution in [0.4, 0.5) is 8.78 Å². The number of carbonyl (C=O) groups is 4. The van der Waals surface area contributed by atoms with Gasteiger partial charge < -0.3 is 10.6 Å². The van der Waals surface area contributed by atoms with Crippen molar-refractivity contribution < 1.29 is 37.9 Å². The molecule has 0 fully saturated rings. The summed E-state index contributed by atoms with van der Waals surface area (Å²) in [6, 6.07) is 31.2. The SMILES string of the molecule is CC(N)=[NH+]C[C@H]1Cc2ccccc2[C@@H]1NC(=O)C(=O)Cc1ccc(Cl)c(F)c1.NC(N)=[NH+]Cc1ccc([C@H]2Cc3ccccc3[C@@H]2NC(=O)C(=O)Cc2ccc(Cl)c(F)c2)cc1. The Kier molecular flexibility index (Phi) is 14.8. The first-order valence-corrected chi connectivity index (χ1v) is 20.7. The summed E-state index contributed by atoms with van der Waals surface area (Å²) in [6.45, 7) is 2.86. The van der Waals surface area contributed by atoms with Crippen LogP contribution in [0.3, 0.4) is 0 Å². The first kappa shape index (κ1) is 45.1. The number of guanidine groups is 1. The van der Waals surface area contributed by atoms with Crippen LogP contribution in [0.2, 0.25) is 10.0 Å². The van der Waals surface area contributed by atoms with Gasteiger partial charge in [-0.2, -0.15) is 0 Å². The minimum absolute atomic E-state index is 0.0226. The van der Waals surface area contributed by atoms with Gasteiger partial charge >= 0.3 is 5.96 Å². The second kappa shape index (κ2) is 20.4. The number of rotatable bonds is 13. The lowest BCUT2D eigenvalue weighted by atomic mass is 9.91. The molecule has 0 aliphatic heterocycles. The Morgan fingerprint density at radius 2 is 1.13 bits per heavy atom. The van der Waals surface area contributed by atoms with Crippen molar-refractivity contribution in [2.75, 3.05) is 6.54 Å². The average Bonchev–Trinajstić information content (AvgIpc) is 3.79. The van der Waals surface area contributed by atoms with Crippen LogP contribution in [-0.4, -0.2) is 41.7 Å². The maximum Gasteiger partial charge on any atom is 0.339 e. The lowest BCUT2D eigenvalue weighted by molar-refractivity contribution is -0.477. The molecule has 5 aromatic rings. The zero-order valence-electron chi connectivity index (χ0n) is 33.8. The zero-order chi connectivity index (χ0) is 44.5. The van der Waals surface area contributed by atoms with Crippen molar-refractivity contribution in [2.24, 2.45) is 23.1 Å². The number of halogens is 4. The van der Waals surface area contributed by atoms with E-state index in [9.17, 15) is 28.0 Å². The van der Waals surface area contributed by atoms with Crippen molar-refractivity contribution in [3.8, 4) is 0 Å². The van der Waals surface area contributed by atoms with E-state index in [1.165, 1.54) is 36.4 Å². The summed E-state index contributed by atoms with van der Waals surface area (Å²) in [5.74, 6) is -3.09. The standard InChI is InChI=1S/C26H24ClFN4O2.C21H21ClFN3O2/c27-21-10-7-16(11-22(21)28)12-23(33)25(34)32-24-19-4-2-1-3-18(19)13-20(24)17-8-5-15(6-9-17)14-31-26(29)30;1-12(24)25-11-15-10-14-4-2-3-5-16(14)20(15)26-21(28)19(27)9-13-6-7-17(22)18(23)8-13/h1-11,20,24H,12-14H2,(H,32,34)(H4,29,30,31);2-8,15,20H,9-11H2,1H3,(H2,24,25)(H,26,28)/p+2/t20-,24+;15-,20-/m11/s1. The molecule has 2 aliphatic rings. The molecule has 0 heterocycles. The largest absolute Gasteiger partial charge is 0.342 e. The van der Waals surface area contributed by atoms with Gasteiger partial charge in [0.25, 0.3) is 11.8 Å². The van der Waals surface area contributed by atoms with E-state index in [-0.39, 0.29) is 52.8 Å². The van der Waals surface area contributed by atoms with E-state index < -0.39 is 35.0 Å². The summed E-state index contributed by atoms with van der Waals surface area (Å²) >= 11 is 11.4. The number of benzene rings is 5. The molecule has 7 rings (SSSR count). The number of amides is 2. The number of nitrogens with one attached hydrogen (secondary N) is 4. The van der Waals surface area contributed by atoms with Gasteiger partial charge in [-0.15, -0.1) is 0 Å². The molecule has 2 amide bonds. The molecule has 0 unspecified atom stereocenters. The number of Topliss-reactive ketones (excluding diaryl/α,β-unsaturated/α-hetero) is 2. The van der Waals surface area contributed by atoms with Gasteiger partial charge in [-0.05, 0) is 81.6 Å². The number of fused-ring (bicyclic) bond motifs is 2. The third kappa shape index (κ3) is 11.5. The van der Waals surface area contributed by atoms with Crippen LogP contribution in [0.25, 0.3) is 0 Å². The smallest absolute Gasteiger partial charge is 0.339 e. The quantitative estimate of drug-likeness (QED) is 0.0536. The third-order valence-electron chi connectivity index (χ3n) is 10.9. The molecular formula is C47H47Cl2F2N7O4+2. The topological polar surface area (TPSA) is 198 Å². The highest BCUT2D eigenvalue weighted by atomic mass is 35.5. The first-order valence-electron chi connectivity index (χ1n) is 19.9. The van der Waals surface area contributed by atoms with Crippen molar-refractivity contribution in [3.63, 3.8) is 0 Å². The summed E-state index contributed by atoms with van der Waals surface area (Å²) in [4.78, 5) is 56.3. The van der Waals surface area contributed by atoms with E-state index in [4.69, 9.17) is 40.4 Å². The zero-order valence-corrected chi connectivity index (χ0v) is 35.3. The van der Waals surface area contributed by atoms with Gasteiger partial charge in [-0.3, -0.25) is 46.4 Å². The van der Waals surface area contributed by atoms with E-state index in [0.717, 1.165) is 46.2 Å². The molecule has 15 heteroatoms. The molecule has 10 N–H and O–H groups in total. The number of amidine groups is 1. The van der Waals surface area contributed by atoms with Gasteiger partial charge in [0, 0.05) is 31.6 Å². The molecule has 0 spiro atoms. The molecule has 0 saturated carbocycles. The van der Waals surface area contributed by atoms with Crippen LogP contribution < -0.4 is 37.8 Å². The molecule has 62 heavy (non-hydrogen) atoms. The molecule has 320 valence electrons. The Labute approximate surface area is 367 Å². The molecule has 0 radical (unpaired) electrons. The summed E-state index contributed by atoms with van der Waals surface area (Å²) in [5, 5.41) is 5.73. The molecule has 0 aromatic heterocycles. The van der Waals surface area contributed by atoms with Crippen molar-refractivity contribution in [1.82, 2.24) is 10.6 Å². The first-order chi connectivity index (χ1) is 29.7. The monoisotopic (exact) mass is 881 g/mol. The van der Waals surface area contributed by atoms with Gasteiger partial charge in [0.2, 0.25) is 17.4 Å². The van der Waals surface area contributed by atoms with Crippen LogP contribution >= 0.6 is 23.2 Å². The third-order valence-corrected chi connectivity index (χ3v) is 11.5. The van der Waals surface area contributed by atoms with Gasteiger partial charge in [-0.1, -0.05) is 108 Å². The average molecular weight is 883 g/mol. The highest BCUT2D eigenvalue weighted by Gasteiger charge is 2.36. The maximum atomic E-state index is 13.7. The minimum Gasteiger partial charge on any atom is -0.342 e. The van der Waals surface area contributed by atoms with E-state index in [1.54, 1.807) is 6.92 Å². The molecule has 11 nitrogen and oxygen atoms in total.